The first-order valence-corrected chi connectivity index (χ1v) is 9.70. The minimum absolute atomic E-state index is 0.107. The largest absolute Gasteiger partial charge is 0.349 e. The van der Waals surface area contributed by atoms with Gasteiger partial charge in [-0.15, -0.1) is 0 Å². The summed E-state index contributed by atoms with van der Waals surface area (Å²) < 4.78 is 0. The molecule has 3 amide bonds. The first kappa shape index (κ1) is 19.0. The number of hydrogen-bond acceptors (Lipinski definition) is 3. The van der Waals surface area contributed by atoms with Crippen molar-refractivity contribution in [2.45, 2.75) is 32.7 Å². The van der Waals surface area contributed by atoms with E-state index in [1.165, 1.54) is 0 Å². The van der Waals surface area contributed by atoms with E-state index in [9.17, 15) is 9.59 Å². The second kappa shape index (κ2) is 8.27. The highest BCUT2D eigenvalue weighted by molar-refractivity contribution is 6.34. The number of nitrogens with zero attached hydrogens (tertiary/aromatic N) is 2. The van der Waals surface area contributed by atoms with Crippen LogP contribution in [0.3, 0.4) is 0 Å². The lowest BCUT2D eigenvalue weighted by Gasteiger charge is -2.33. The van der Waals surface area contributed by atoms with Crippen LogP contribution in [0, 0.1) is 5.92 Å². The summed E-state index contributed by atoms with van der Waals surface area (Å²) in [6.07, 6.45) is 1.93. The van der Waals surface area contributed by atoms with E-state index < -0.39 is 0 Å². The predicted molar refractivity (Wildman–Crippen MR) is 104 cm³/mol. The zero-order chi connectivity index (χ0) is 18.7. The molecule has 0 radical (unpaired) electrons. The molecule has 0 unspecified atom stereocenters. The normalized spacial score (nSPS) is 19.1. The fourth-order valence-corrected chi connectivity index (χ4v) is 3.83. The molecule has 7 heteroatoms. The van der Waals surface area contributed by atoms with Crippen molar-refractivity contribution < 1.29 is 9.59 Å². The lowest BCUT2D eigenvalue weighted by atomic mass is 10.0. The molecular weight excluding hydrogens is 352 g/mol. The van der Waals surface area contributed by atoms with Crippen molar-refractivity contribution in [1.82, 2.24) is 15.5 Å². The van der Waals surface area contributed by atoms with Crippen molar-refractivity contribution >= 4 is 29.2 Å². The number of halogens is 1. The van der Waals surface area contributed by atoms with Gasteiger partial charge in [-0.25, -0.2) is 4.79 Å². The molecule has 2 aliphatic rings. The third-order valence-electron chi connectivity index (χ3n) is 4.90. The maximum atomic E-state index is 12.6. The Kier molecular flexibility index (Phi) is 6.04. The summed E-state index contributed by atoms with van der Waals surface area (Å²) in [5.74, 6) is 0.557. The number of urea groups is 1. The van der Waals surface area contributed by atoms with Gasteiger partial charge in [0.15, 0.2) is 0 Å². The van der Waals surface area contributed by atoms with Gasteiger partial charge < -0.3 is 15.5 Å². The average molecular weight is 379 g/mol. The molecule has 3 rings (SSSR count). The van der Waals surface area contributed by atoms with Crippen LogP contribution in [-0.2, 0) is 0 Å². The van der Waals surface area contributed by atoms with Crippen molar-refractivity contribution in [3.8, 4) is 0 Å². The standard InChI is InChI=1S/C19H27ClN4O2/c1-13(2)12-23-8-5-15(6-9-23)22-18(25)14-3-4-16(20)17(11-14)24-10-7-21-19(24)26/h3-4,11,13,15H,5-10,12H2,1-2H3,(H,21,26)(H,22,25). The molecule has 2 N–H and O–H groups in total. The van der Waals surface area contributed by atoms with Gasteiger partial charge in [0.05, 0.1) is 10.7 Å². The van der Waals surface area contributed by atoms with Gasteiger partial charge >= 0.3 is 6.03 Å². The first-order valence-electron chi connectivity index (χ1n) is 9.32. The highest BCUT2D eigenvalue weighted by Gasteiger charge is 2.25. The van der Waals surface area contributed by atoms with E-state index >= 15 is 0 Å². The van der Waals surface area contributed by atoms with Crippen LogP contribution >= 0.6 is 11.6 Å². The number of carbonyl (C=O) groups is 2. The van der Waals surface area contributed by atoms with Crippen molar-refractivity contribution in [2.24, 2.45) is 5.92 Å². The number of nitrogens with one attached hydrogen (secondary N) is 2. The summed E-state index contributed by atoms with van der Waals surface area (Å²) in [5.41, 5.74) is 1.12. The molecule has 0 atom stereocenters. The zero-order valence-corrected chi connectivity index (χ0v) is 16.2. The minimum Gasteiger partial charge on any atom is -0.349 e. The number of rotatable bonds is 5. The molecule has 2 fully saturated rings. The van der Waals surface area contributed by atoms with E-state index in [2.05, 4.69) is 29.4 Å². The van der Waals surface area contributed by atoms with Crippen LogP contribution in [0.4, 0.5) is 10.5 Å². The van der Waals surface area contributed by atoms with Gasteiger partial charge in [0, 0.05) is 44.3 Å². The minimum atomic E-state index is -0.179. The molecule has 0 bridgehead atoms. The van der Waals surface area contributed by atoms with Gasteiger partial charge in [-0.1, -0.05) is 25.4 Å². The molecule has 142 valence electrons. The van der Waals surface area contributed by atoms with Crippen molar-refractivity contribution in [1.29, 1.82) is 0 Å². The van der Waals surface area contributed by atoms with Gasteiger partial charge in [-0.3, -0.25) is 9.69 Å². The van der Waals surface area contributed by atoms with Gasteiger partial charge in [0.25, 0.3) is 5.91 Å². The number of hydrogen-bond donors (Lipinski definition) is 2. The lowest BCUT2D eigenvalue weighted by molar-refractivity contribution is 0.0907. The Labute approximate surface area is 159 Å². The Balaban J connectivity index is 1.61. The number of amides is 3. The summed E-state index contributed by atoms with van der Waals surface area (Å²) in [6.45, 7) is 8.74. The molecule has 1 aromatic carbocycles. The van der Waals surface area contributed by atoms with Crippen LogP contribution in [0.25, 0.3) is 0 Å². The van der Waals surface area contributed by atoms with Crippen LogP contribution in [-0.4, -0.2) is 55.6 Å². The Morgan fingerprint density at radius 1 is 1.31 bits per heavy atom. The summed E-state index contributed by atoms with van der Waals surface area (Å²) in [4.78, 5) is 28.6. The van der Waals surface area contributed by atoms with Crippen LogP contribution in [0.1, 0.15) is 37.0 Å². The molecular formula is C19H27ClN4O2. The monoisotopic (exact) mass is 378 g/mol. The zero-order valence-electron chi connectivity index (χ0n) is 15.4. The molecule has 26 heavy (non-hydrogen) atoms. The summed E-state index contributed by atoms with van der Waals surface area (Å²) in [7, 11) is 0. The molecule has 0 saturated carbocycles. The highest BCUT2D eigenvalue weighted by atomic mass is 35.5. The van der Waals surface area contributed by atoms with Gasteiger partial charge in [0.2, 0.25) is 0 Å². The number of benzene rings is 1. The van der Waals surface area contributed by atoms with E-state index in [4.69, 9.17) is 11.6 Å². The second-order valence-corrected chi connectivity index (χ2v) is 7.90. The van der Waals surface area contributed by atoms with Crippen molar-refractivity contribution in [3.05, 3.63) is 28.8 Å². The van der Waals surface area contributed by atoms with Crippen molar-refractivity contribution in [3.63, 3.8) is 0 Å². The maximum absolute atomic E-state index is 12.6. The Morgan fingerprint density at radius 3 is 2.65 bits per heavy atom. The molecule has 1 aromatic rings. The number of anilines is 1. The molecule has 2 saturated heterocycles. The summed E-state index contributed by atoms with van der Waals surface area (Å²) in [6, 6.07) is 5.12. The molecule has 0 aliphatic carbocycles. The number of carbonyl (C=O) groups excluding carboxylic acids is 2. The van der Waals surface area contributed by atoms with E-state index in [0.29, 0.717) is 35.3 Å². The van der Waals surface area contributed by atoms with Crippen molar-refractivity contribution in [2.75, 3.05) is 37.6 Å². The van der Waals surface area contributed by atoms with Crippen LogP contribution < -0.4 is 15.5 Å². The average Bonchev–Trinajstić information content (AvgIpc) is 3.02. The molecule has 0 aromatic heterocycles. The smallest absolute Gasteiger partial charge is 0.322 e. The summed E-state index contributed by atoms with van der Waals surface area (Å²) >= 11 is 6.24. The third kappa shape index (κ3) is 4.48. The van der Waals surface area contributed by atoms with E-state index in [-0.39, 0.29) is 18.0 Å². The molecule has 2 heterocycles. The molecule has 6 nitrogen and oxygen atoms in total. The van der Waals surface area contributed by atoms with Gasteiger partial charge in [-0.05, 0) is 37.0 Å². The van der Waals surface area contributed by atoms with E-state index in [1.54, 1.807) is 23.1 Å². The van der Waals surface area contributed by atoms with Crippen LogP contribution in [0.2, 0.25) is 5.02 Å². The van der Waals surface area contributed by atoms with E-state index in [0.717, 1.165) is 32.5 Å². The predicted octanol–water partition coefficient (Wildman–Crippen LogP) is 2.72. The lowest BCUT2D eigenvalue weighted by Crippen LogP contribution is -2.45. The first-order chi connectivity index (χ1) is 12.4. The number of piperidine rings is 1. The molecule has 0 spiro atoms. The SMILES string of the molecule is CC(C)CN1CCC(NC(=O)c2ccc(Cl)c(N3CCNC3=O)c2)CC1. The fraction of sp³-hybridized carbons (Fsp3) is 0.579. The second-order valence-electron chi connectivity index (χ2n) is 7.49. The van der Waals surface area contributed by atoms with Crippen LogP contribution in [0.15, 0.2) is 18.2 Å². The Hall–Kier alpha value is -1.79. The Bertz CT molecular complexity index is 672. The van der Waals surface area contributed by atoms with Gasteiger partial charge in [0.1, 0.15) is 0 Å². The van der Waals surface area contributed by atoms with Gasteiger partial charge in [-0.2, -0.15) is 0 Å². The highest BCUT2D eigenvalue weighted by Crippen LogP contribution is 2.28. The maximum Gasteiger partial charge on any atom is 0.322 e. The van der Waals surface area contributed by atoms with E-state index in [1.807, 2.05) is 0 Å². The Morgan fingerprint density at radius 2 is 2.04 bits per heavy atom. The fourth-order valence-electron chi connectivity index (χ4n) is 3.61. The molecule has 2 aliphatic heterocycles. The third-order valence-corrected chi connectivity index (χ3v) is 5.22. The quantitative estimate of drug-likeness (QED) is 0.828. The van der Waals surface area contributed by atoms with Crippen LogP contribution in [0.5, 0.6) is 0 Å². The topological polar surface area (TPSA) is 64.7 Å². The number of likely N-dealkylation sites (tertiary alicyclic amines) is 1. The summed E-state index contributed by atoms with van der Waals surface area (Å²) in [5, 5.41) is 6.35.